The van der Waals surface area contributed by atoms with Crippen molar-refractivity contribution in [1.29, 1.82) is 0 Å². The van der Waals surface area contributed by atoms with E-state index in [0.29, 0.717) is 18.1 Å². The highest BCUT2D eigenvalue weighted by Gasteiger charge is 2.21. The van der Waals surface area contributed by atoms with Gasteiger partial charge in [0.05, 0.1) is 4.88 Å². The van der Waals surface area contributed by atoms with Crippen LogP contribution in [0.1, 0.15) is 18.1 Å². The van der Waals surface area contributed by atoms with Crippen LogP contribution in [0.15, 0.2) is 72.1 Å². The van der Waals surface area contributed by atoms with E-state index in [-0.39, 0.29) is 24.9 Å². The van der Waals surface area contributed by atoms with Gasteiger partial charge in [0.2, 0.25) is 11.7 Å². The Morgan fingerprint density at radius 3 is 2.48 bits per heavy atom. The van der Waals surface area contributed by atoms with E-state index in [2.05, 4.69) is 27.7 Å². The van der Waals surface area contributed by atoms with Gasteiger partial charge in [0.15, 0.2) is 0 Å². The molecule has 0 spiro atoms. The summed E-state index contributed by atoms with van der Waals surface area (Å²) >= 11 is 1.50. The Morgan fingerprint density at radius 1 is 1.00 bits per heavy atom. The number of amides is 2. The largest absolute Gasteiger partial charge is 0.350 e. The standard InChI is InChI=1S/C24H24N6O2S/c1-2-18-10-12-20(13-11-18)29(16-22(31)25-15-19-7-4-3-5-8-19)23(32)17-30-27-24(26-28-30)21-9-6-14-33-21/h3-14H,2,15-17H2,1H3,(H,25,31). The summed E-state index contributed by atoms with van der Waals surface area (Å²) in [6.07, 6.45) is 0.889. The number of carbonyl (C=O) groups excluding carboxylic acids is 2. The van der Waals surface area contributed by atoms with E-state index in [4.69, 9.17) is 0 Å². The normalized spacial score (nSPS) is 10.7. The second-order valence-electron chi connectivity index (χ2n) is 7.38. The van der Waals surface area contributed by atoms with Crippen LogP contribution >= 0.6 is 11.3 Å². The van der Waals surface area contributed by atoms with Gasteiger partial charge in [-0.05, 0) is 46.3 Å². The van der Waals surface area contributed by atoms with Crippen LogP contribution in [0.3, 0.4) is 0 Å². The maximum Gasteiger partial charge on any atom is 0.251 e. The van der Waals surface area contributed by atoms with E-state index in [0.717, 1.165) is 22.4 Å². The van der Waals surface area contributed by atoms with Gasteiger partial charge >= 0.3 is 0 Å². The molecule has 0 atom stereocenters. The second kappa shape index (κ2) is 10.6. The molecule has 0 aliphatic rings. The predicted molar refractivity (Wildman–Crippen MR) is 128 cm³/mol. The first-order chi connectivity index (χ1) is 16.1. The molecule has 1 N–H and O–H groups in total. The second-order valence-corrected chi connectivity index (χ2v) is 8.33. The maximum atomic E-state index is 13.2. The van der Waals surface area contributed by atoms with Crippen molar-refractivity contribution in [2.45, 2.75) is 26.4 Å². The molecule has 0 saturated carbocycles. The fourth-order valence-electron chi connectivity index (χ4n) is 3.25. The van der Waals surface area contributed by atoms with Crippen LogP contribution in [0.5, 0.6) is 0 Å². The highest BCUT2D eigenvalue weighted by Crippen LogP contribution is 2.20. The Kier molecular flexibility index (Phi) is 7.21. The van der Waals surface area contributed by atoms with Gasteiger partial charge in [-0.3, -0.25) is 9.59 Å². The number of aromatic nitrogens is 4. The molecule has 168 valence electrons. The zero-order valence-corrected chi connectivity index (χ0v) is 19.0. The zero-order valence-electron chi connectivity index (χ0n) is 18.2. The summed E-state index contributed by atoms with van der Waals surface area (Å²) in [5.41, 5.74) is 2.79. The third-order valence-electron chi connectivity index (χ3n) is 5.06. The van der Waals surface area contributed by atoms with Crippen molar-refractivity contribution in [2.75, 3.05) is 11.4 Å². The Hall–Kier alpha value is -3.85. The van der Waals surface area contributed by atoms with Crippen molar-refractivity contribution in [3.63, 3.8) is 0 Å². The molecule has 0 radical (unpaired) electrons. The summed E-state index contributed by atoms with van der Waals surface area (Å²) in [4.78, 5) is 29.5. The molecule has 2 amide bonds. The summed E-state index contributed by atoms with van der Waals surface area (Å²) in [6.45, 7) is 2.23. The molecule has 4 aromatic rings. The number of carbonyl (C=O) groups is 2. The number of anilines is 1. The van der Waals surface area contributed by atoms with Crippen molar-refractivity contribution < 1.29 is 9.59 Å². The van der Waals surface area contributed by atoms with Gasteiger partial charge in [0.25, 0.3) is 5.91 Å². The minimum atomic E-state index is -0.302. The minimum Gasteiger partial charge on any atom is -0.350 e. The monoisotopic (exact) mass is 460 g/mol. The number of nitrogens with zero attached hydrogens (tertiary/aromatic N) is 5. The van der Waals surface area contributed by atoms with Crippen LogP contribution in [0.2, 0.25) is 0 Å². The molecule has 0 bridgehead atoms. The number of nitrogens with one attached hydrogen (secondary N) is 1. The van der Waals surface area contributed by atoms with E-state index >= 15 is 0 Å². The van der Waals surface area contributed by atoms with Gasteiger partial charge in [0, 0.05) is 12.2 Å². The average molecular weight is 461 g/mol. The predicted octanol–water partition coefficient (Wildman–Crippen LogP) is 3.31. The third-order valence-corrected chi connectivity index (χ3v) is 5.93. The number of rotatable bonds is 9. The van der Waals surface area contributed by atoms with Crippen molar-refractivity contribution in [2.24, 2.45) is 0 Å². The van der Waals surface area contributed by atoms with Crippen LogP contribution < -0.4 is 10.2 Å². The third kappa shape index (κ3) is 5.89. The number of hydrogen-bond acceptors (Lipinski definition) is 6. The van der Waals surface area contributed by atoms with Gasteiger partial charge in [-0.2, -0.15) is 4.80 Å². The zero-order chi connectivity index (χ0) is 23.0. The Labute approximate surface area is 195 Å². The molecule has 2 aromatic carbocycles. The van der Waals surface area contributed by atoms with Crippen molar-refractivity contribution >= 4 is 28.8 Å². The van der Waals surface area contributed by atoms with Crippen molar-refractivity contribution in [3.8, 4) is 10.7 Å². The lowest BCUT2D eigenvalue weighted by Crippen LogP contribution is -2.42. The van der Waals surface area contributed by atoms with Gasteiger partial charge in [-0.15, -0.1) is 21.5 Å². The van der Waals surface area contributed by atoms with E-state index in [1.807, 2.05) is 72.1 Å². The maximum absolute atomic E-state index is 13.2. The molecule has 0 fully saturated rings. The molecule has 0 unspecified atom stereocenters. The fraction of sp³-hybridized carbons (Fsp3) is 0.208. The van der Waals surface area contributed by atoms with Gasteiger partial charge in [-0.1, -0.05) is 55.5 Å². The molecule has 2 aromatic heterocycles. The molecule has 0 aliphatic heterocycles. The summed E-state index contributed by atoms with van der Waals surface area (Å²) in [7, 11) is 0. The first-order valence-electron chi connectivity index (χ1n) is 10.6. The highest BCUT2D eigenvalue weighted by molar-refractivity contribution is 7.13. The van der Waals surface area contributed by atoms with Crippen LogP contribution in [-0.4, -0.2) is 38.6 Å². The molecule has 0 aliphatic carbocycles. The van der Waals surface area contributed by atoms with Crippen molar-refractivity contribution in [1.82, 2.24) is 25.5 Å². The minimum absolute atomic E-state index is 0.108. The van der Waals surface area contributed by atoms with E-state index in [1.54, 1.807) is 0 Å². The molecule has 2 heterocycles. The molecule has 4 rings (SSSR count). The van der Waals surface area contributed by atoms with E-state index < -0.39 is 0 Å². The molecule has 8 nitrogen and oxygen atoms in total. The van der Waals surface area contributed by atoms with Crippen LogP contribution in [0, 0.1) is 0 Å². The highest BCUT2D eigenvalue weighted by atomic mass is 32.1. The SMILES string of the molecule is CCc1ccc(N(CC(=O)NCc2ccccc2)C(=O)Cn2nnc(-c3cccs3)n2)cc1. The number of benzene rings is 2. The lowest BCUT2D eigenvalue weighted by molar-refractivity contribution is -0.124. The van der Waals surface area contributed by atoms with Crippen LogP contribution in [-0.2, 0) is 29.1 Å². The number of thiophene rings is 1. The van der Waals surface area contributed by atoms with E-state index in [9.17, 15) is 9.59 Å². The molecular weight excluding hydrogens is 436 g/mol. The average Bonchev–Trinajstić information content (AvgIpc) is 3.54. The van der Waals surface area contributed by atoms with Gasteiger partial charge < -0.3 is 10.2 Å². The molecule has 0 saturated heterocycles. The van der Waals surface area contributed by atoms with Gasteiger partial charge in [0.1, 0.15) is 13.1 Å². The van der Waals surface area contributed by atoms with Gasteiger partial charge in [-0.25, -0.2) is 0 Å². The summed E-state index contributed by atoms with van der Waals surface area (Å²) in [6, 6.07) is 21.1. The van der Waals surface area contributed by atoms with Crippen LogP contribution in [0.25, 0.3) is 10.7 Å². The molecular formula is C24H24N6O2S. The fourth-order valence-corrected chi connectivity index (χ4v) is 3.90. The Balaban J connectivity index is 1.47. The Morgan fingerprint density at radius 2 is 1.79 bits per heavy atom. The lowest BCUT2D eigenvalue weighted by Gasteiger charge is -2.22. The lowest BCUT2D eigenvalue weighted by atomic mass is 10.1. The topological polar surface area (TPSA) is 93.0 Å². The number of hydrogen-bond donors (Lipinski definition) is 1. The van der Waals surface area contributed by atoms with E-state index in [1.165, 1.54) is 21.0 Å². The number of aryl methyl sites for hydroxylation is 1. The van der Waals surface area contributed by atoms with Crippen molar-refractivity contribution in [3.05, 3.63) is 83.2 Å². The Bertz CT molecular complexity index is 1190. The summed E-state index contributed by atoms with van der Waals surface area (Å²) in [5.74, 6) is -0.0842. The van der Waals surface area contributed by atoms with Crippen LogP contribution in [0.4, 0.5) is 5.69 Å². The first-order valence-corrected chi connectivity index (χ1v) is 11.5. The quantitative estimate of drug-likeness (QED) is 0.414. The summed E-state index contributed by atoms with van der Waals surface area (Å²) in [5, 5.41) is 17.2. The smallest absolute Gasteiger partial charge is 0.251 e. The molecule has 33 heavy (non-hydrogen) atoms. The molecule has 9 heteroatoms. The summed E-state index contributed by atoms with van der Waals surface area (Å²) < 4.78 is 0. The first kappa shape index (κ1) is 22.3. The number of tetrazole rings is 1.